The second kappa shape index (κ2) is 8.97. The molecule has 1 rings (SSSR count). The van der Waals surface area contributed by atoms with Crippen molar-refractivity contribution in [1.82, 2.24) is 5.32 Å². The van der Waals surface area contributed by atoms with Crippen molar-refractivity contribution in [2.24, 2.45) is 5.92 Å². The van der Waals surface area contributed by atoms with E-state index in [1.54, 1.807) is 7.11 Å². The van der Waals surface area contributed by atoms with Crippen LogP contribution in [0.4, 0.5) is 0 Å². The first kappa shape index (κ1) is 16.0. The lowest BCUT2D eigenvalue weighted by molar-refractivity contribution is -0.120. The highest BCUT2D eigenvalue weighted by molar-refractivity contribution is 9.09. The topological polar surface area (TPSA) is 38.3 Å². The quantitative estimate of drug-likeness (QED) is 0.588. The van der Waals surface area contributed by atoms with Gasteiger partial charge in [-0.25, -0.2) is 0 Å². The normalized spacial score (nSPS) is 11.9. The van der Waals surface area contributed by atoms with Crippen LogP contribution >= 0.6 is 15.9 Å². The van der Waals surface area contributed by atoms with Gasteiger partial charge in [0.2, 0.25) is 5.91 Å². The Morgan fingerprint density at radius 1 is 1.37 bits per heavy atom. The highest BCUT2D eigenvalue weighted by atomic mass is 79.9. The molecule has 19 heavy (non-hydrogen) atoms. The summed E-state index contributed by atoms with van der Waals surface area (Å²) in [5, 5.41) is 3.97. The van der Waals surface area contributed by atoms with Crippen LogP contribution < -0.4 is 10.1 Å². The molecule has 0 spiro atoms. The van der Waals surface area contributed by atoms with Crippen molar-refractivity contribution in [1.29, 1.82) is 0 Å². The smallest absolute Gasteiger partial charge is 0.224 e. The number of hydrogen-bond donors (Lipinski definition) is 1. The summed E-state index contributed by atoms with van der Waals surface area (Å²) in [4.78, 5) is 11.7. The molecule has 0 heterocycles. The second-order valence-electron chi connectivity index (χ2n) is 4.78. The van der Waals surface area contributed by atoms with E-state index >= 15 is 0 Å². The highest BCUT2D eigenvalue weighted by Gasteiger charge is 2.04. The fraction of sp³-hybridized carbons (Fsp3) is 0.533. The molecule has 1 amide bonds. The fourth-order valence-corrected chi connectivity index (χ4v) is 2.07. The van der Waals surface area contributed by atoms with Gasteiger partial charge in [0.1, 0.15) is 5.75 Å². The van der Waals surface area contributed by atoms with E-state index in [1.165, 1.54) is 0 Å². The molecule has 0 aliphatic rings. The number of amides is 1. The molecule has 0 aliphatic heterocycles. The summed E-state index contributed by atoms with van der Waals surface area (Å²) in [5.41, 5.74) is 1.01. The van der Waals surface area contributed by atoms with E-state index in [1.807, 2.05) is 24.3 Å². The molecule has 1 unspecified atom stereocenters. The van der Waals surface area contributed by atoms with Crippen LogP contribution in [0.1, 0.15) is 25.3 Å². The molecule has 0 aliphatic carbocycles. The second-order valence-corrected chi connectivity index (χ2v) is 5.42. The Bertz CT molecular complexity index is 378. The van der Waals surface area contributed by atoms with Crippen molar-refractivity contribution in [3.63, 3.8) is 0 Å². The number of carbonyl (C=O) groups is 1. The van der Waals surface area contributed by atoms with E-state index in [0.717, 1.165) is 36.0 Å². The van der Waals surface area contributed by atoms with Gasteiger partial charge in [0.05, 0.1) is 13.5 Å². The van der Waals surface area contributed by atoms with Crippen molar-refractivity contribution in [2.75, 3.05) is 19.0 Å². The highest BCUT2D eigenvalue weighted by Crippen LogP contribution is 2.11. The molecule has 1 aromatic carbocycles. The molecule has 1 N–H and O–H groups in total. The number of alkyl halides is 1. The van der Waals surface area contributed by atoms with Crippen LogP contribution in [0.3, 0.4) is 0 Å². The van der Waals surface area contributed by atoms with E-state index in [9.17, 15) is 4.79 Å². The van der Waals surface area contributed by atoms with Gasteiger partial charge in [0.25, 0.3) is 0 Å². The Balaban J connectivity index is 2.23. The minimum atomic E-state index is 0.0802. The number of hydrogen-bond acceptors (Lipinski definition) is 2. The maximum Gasteiger partial charge on any atom is 0.224 e. The number of rotatable bonds is 8. The van der Waals surface area contributed by atoms with Crippen LogP contribution in [0.15, 0.2) is 24.3 Å². The fourth-order valence-electron chi connectivity index (χ4n) is 1.75. The maximum atomic E-state index is 11.7. The zero-order valence-corrected chi connectivity index (χ0v) is 13.2. The molecule has 1 aromatic rings. The van der Waals surface area contributed by atoms with Gasteiger partial charge in [-0.05, 0) is 36.5 Å². The van der Waals surface area contributed by atoms with E-state index in [2.05, 4.69) is 28.2 Å². The van der Waals surface area contributed by atoms with Gasteiger partial charge in [0.15, 0.2) is 0 Å². The Labute approximate surface area is 123 Å². The predicted octanol–water partition coefficient (Wildman–Crippen LogP) is 3.17. The zero-order valence-electron chi connectivity index (χ0n) is 11.6. The zero-order chi connectivity index (χ0) is 14.1. The molecular formula is C15H22BrNO2. The SMILES string of the molecule is COc1ccc(CC(=O)NCCCC(C)CBr)cc1. The summed E-state index contributed by atoms with van der Waals surface area (Å²) in [5.74, 6) is 1.56. The van der Waals surface area contributed by atoms with Crippen molar-refractivity contribution < 1.29 is 9.53 Å². The maximum absolute atomic E-state index is 11.7. The summed E-state index contributed by atoms with van der Waals surface area (Å²) in [6.07, 6.45) is 2.59. The van der Waals surface area contributed by atoms with Gasteiger partial charge >= 0.3 is 0 Å². The summed E-state index contributed by atoms with van der Waals surface area (Å²) >= 11 is 3.45. The molecule has 4 heteroatoms. The van der Waals surface area contributed by atoms with Crippen molar-refractivity contribution in [3.8, 4) is 5.75 Å². The average molecular weight is 328 g/mol. The molecule has 1 atom stereocenters. The summed E-state index contributed by atoms with van der Waals surface area (Å²) in [6.45, 7) is 2.96. The van der Waals surface area contributed by atoms with Crippen LogP contribution in [-0.2, 0) is 11.2 Å². The number of nitrogens with one attached hydrogen (secondary N) is 1. The lowest BCUT2D eigenvalue weighted by Crippen LogP contribution is -2.26. The van der Waals surface area contributed by atoms with Crippen LogP contribution in [0.2, 0.25) is 0 Å². The van der Waals surface area contributed by atoms with E-state index in [0.29, 0.717) is 12.3 Å². The largest absolute Gasteiger partial charge is 0.497 e. The third-order valence-corrected chi connectivity index (χ3v) is 4.09. The number of ether oxygens (including phenoxy) is 1. The van der Waals surface area contributed by atoms with Crippen LogP contribution in [0.5, 0.6) is 5.75 Å². The van der Waals surface area contributed by atoms with Gasteiger partial charge in [-0.3, -0.25) is 4.79 Å². The van der Waals surface area contributed by atoms with Gasteiger partial charge in [-0.2, -0.15) is 0 Å². The van der Waals surface area contributed by atoms with Crippen molar-refractivity contribution in [2.45, 2.75) is 26.2 Å². The molecule has 0 radical (unpaired) electrons. The Morgan fingerprint density at radius 3 is 2.63 bits per heavy atom. The molecule has 0 saturated carbocycles. The summed E-state index contributed by atoms with van der Waals surface area (Å²) in [7, 11) is 1.63. The van der Waals surface area contributed by atoms with Gasteiger partial charge < -0.3 is 10.1 Å². The van der Waals surface area contributed by atoms with Crippen molar-refractivity contribution >= 4 is 21.8 Å². The molecule has 0 aromatic heterocycles. The molecule has 106 valence electrons. The third-order valence-electron chi connectivity index (χ3n) is 2.98. The van der Waals surface area contributed by atoms with Gasteiger partial charge in [-0.15, -0.1) is 0 Å². The van der Waals surface area contributed by atoms with E-state index in [4.69, 9.17) is 4.74 Å². The standard InChI is InChI=1S/C15H22BrNO2/c1-12(11-16)4-3-9-17-15(18)10-13-5-7-14(19-2)8-6-13/h5-8,12H,3-4,9-11H2,1-2H3,(H,17,18). The Hall–Kier alpha value is -1.03. The molecule has 0 saturated heterocycles. The lowest BCUT2D eigenvalue weighted by atomic mass is 10.1. The molecule has 0 bridgehead atoms. The summed E-state index contributed by atoms with van der Waals surface area (Å²) in [6, 6.07) is 7.59. The number of benzene rings is 1. The Morgan fingerprint density at radius 2 is 2.05 bits per heavy atom. The first-order valence-electron chi connectivity index (χ1n) is 6.61. The lowest BCUT2D eigenvalue weighted by Gasteiger charge is -2.08. The number of methoxy groups -OCH3 is 1. The van der Waals surface area contributed by atoms with Crippen LogP contribution in [-0.4, -0.2) is 24.9 Å². The van der Waals surface area contributed by atoms with Gasteiger partial charge in [0, 0.05) is 11.9 Å². The van der Waals surface area contributed by atoms with Crippen LogP contribution in [0.25, 0.3) is 0 Å². The number of halogens is 1. The van der Waals surface area contributed by atoms with E-state index in [-0.39, 0.29) is 5.91 Å². The van der Waals surface area contributed by atoms with Crippen molar-refractivity contribution in [3.05, 3.63) is 29.8 Å². The first-order valence-corrected chi connectivity index (χ1v) is 7.73. The minimum absolute atomic E-state index is 0.0802. The molecular weight excluding hydrogens is 306 g/mol. The number of carbonyl (C=O) groups excluding carboxylic acids is 1. The average Bonchev–Trinajstić information content (AvgIpc) is 2.44. The molecule has 3 nitrogen and oxygen atoms in total. The van der Waals surface area contributed by atoms with E-state index < -0.39 is 0 Å². The predicted molar refractivity (Wildman–Crippen MR) is 81.9 cm³/mol. The van der Waals surface area contributed by atoms with Crippen LogP contribution in [0, 0.1) is 5.92 Å². The molecule has 0 fully saturated rings. The first-order chi connectivity index (χ1) is 9.15. The Kier molecular flexibility index (Phi) is 7.56. The summed E-state index contributed by atoms with van der Waals surface area (Å²) < 4.78 is 5.08. The monoisotopic (exact) mass is 327 g/mol. The van der Waals surface area contributed by atoms with Gasteiger partial charge in [-0.1, -0.05) is 35.0 Å². The minimum Gasteiger partial charge on any atom is -0.497 e. The third kappa shape index (κ3) is 6.62.